The fraction of sp³-hybridized carbons (Fsp3) is 0.667. The van der Waals surface area contributed by atoms with E-state index >= 15 is 0 Å². The van der Waals surface area contributed by atoms with Gasteiger partial charge in [-0.25, -0.2) is 0 Å². The van der Waals surface area contributed by atoms with Crippen molar-refractivity contribution in [2.45, 2.75) is 6.10 Å². The molecule has 2 heterocycles. The van der Waals surface area contributed by atoms with Gasteiger partial charge in [0.2, 0.25) is 0 Å². The van der Waals surface area contributed by atoms with Gasteiger partial charge < -0.3 is 23.7 Å². The summed E-state index contributed by atoms with van der Waals surface area (Å²) in [5, 5.41) is 0. The van der Waals surface area contributed by atoms with Gasteiger partial charge in [0.05, 0.1) is 33.0 Å². The Morgan fingerprint density at radius 3 is 2.60 bits per heavy atom. The molecule has 114 valence electrons. The minimum absolute atomic E-state index is 0.0552. The van der Waals surface area contributed by atoms with Crippen molar-refractivity contribution >= 4 is 56.5 Å². The molecular formula is C12H16I2O5S. The van der Waals surface area contributed by atoms with Crippen LogP contribution in [0.1, 0.15) is 0 Å². The van der Waals surface area contributed by atoms with E-state index in [2.05, 4.69) is 45.2 Å². The van der Waals surface area contributed by atoms with Crippen molar-refractivity contribution in [2.75, 3.05) is 46.8 Å². The smallest absolute Gasteiger partial charge is 0.187 e. The van der Waals surface area contributed by atoms with Crippen molar-refractivity contribution in [3.8, 4) is 11.5 Å². The van der Waals surface area contributed by atoms with E-state index in [4.69, 9.17) is 23.7 Å². The molecule has 1 aliphatic rings. The second-order valence-electron chi connectivity index (χ2n) is 4.04. The highest BCUT2D eigenvalue weighted by Gasteiger charge is 2.27. The summed E-state index contributed by atoms with van der Waals surface area (Å²) in [5.41, 5.74) is 0. The first-order valence-electron chi connectivity index (χ1n) is 6.14. The van der Waals surface area contributed by atoms with Crippen molar-refractivity contribution in [1.29, 1.82) is 0 Å². The number of fused-ring (bicyclic) bond motifs is 1. The minimum Gasteiger partial charge on any atom is -0.484 e. The third-order valence-corrected chi connectivity index (χ3v) is 5.58. The third kappa shape index (κ3) is 4.83. The van der Waals surface area contributed by atoms with E-state index in [1.54, 1.807) is 18.4 Å². The molecule has 0 amide bonds. The number of thiophene rings is 1. The Balaban J connectivity index is 1.65. The zero-order valence-corrected chi connectivity index (χ0v) is 16.2. The van der Waals surface area contributed by atoms with Gasteiger partial charge in [-0.1, -0.05) is 0 Å². The van der Waals surface area contributed by atoms with Gasteiger partial charge in [0.15, 0.2) is 17.6 Å². The number of methoxy groups -OCH3 is 1. The topological polar surface area (TPSA) is 46.2 Å². The predicted octanol–water partition coefficient (Wildman–Crippen LogP) is 2.78. The molecule has 1 aromatic heterocycles. The van der Waals surface area contributed by atoms with Crippen LogP contribution in [-0.2, 0) is 14.2 Å². The lowest BCUT2D eigenvalue weighted by atomic mass is 10.3. The Morgan fingerprint density at radius 2 is 1.80 bits per heavy atom. The number of ether oxygens (including phenoxy) is 5. The van der Waals surface area contributed by atoms with Crippen LogP contribution in [0, 0.1) is 5.77 Å². The molecule has 0 saturated heterocycles. The Hall–Kier alpha value is 0.640. The van der Waals surface area contributed by atoms with Gasteiger partial charge >= 0.3 is 0 Å². The largest absolute Gasteiger partial charge is 0.484 e. The molecule has 0 radical (unpaired) electrons. The van der Waals surface area contributed by atoms with E-state index in [0.717, 1.165) is 17.3 Å². The molecule has 0 spiro atoms. The highest BCUT2D eigenvalue weighted by molar-refractivity contribution is 14.1. The van der Waals surface area contributed by atoms with Gasteiger partial charge in [-0.15, -0.1) is 11.3 Å². The van der Waals surface area contributed by atoms with Crippen molar-refractivity contribution in [3.63, 3.8) is 0 Å². The molecule has 0 aromatic carbocycles. The number of halogens is 2. The van der Waals surface area contributed by atoms with Gasteiger partial charge in [0.1, 0.15) is 12.4 Å². The molecule has 0 bridgehead atoms. The third-order valence-electron chi connectivity index (χ3n) is 2.55. The monoisotopic (exact) mass is 526 g/mol. The average Bonchev–Trinajstić information content (AvgIpc) is 2.73. The summed E-state index contributed by atoms with van der Waals surface area (Å²) in [7, 11) is 1.65. The van der Waals surface area contributed by atoms with Crippen LogP contribution in [0.5, 0.6) is 11.5 Å². The first kappa shape index (κ1) is 17.0. The molecule has 0 saturated carbocycles. The van der Waals surface area contributed by atoms with Crippen LogP contribution in [0.25, 0.3) is 0 Å². The van der Waals surface area contributed by atoms with E-state index in [-0.39, 0.29) is 6.10 Å². The molecule has 0 N–H and O–H groups in total. The molecule has 0 fully saturated rings. The molecule has 2 rings (SSSR count). The molecule has 20 heavy (non-hydrogen) atoms. The van der Waals surface area contributed by atoms with Gasteiger partial charge in [-0.05, 0) is 45.2 Å². The lowest BCUT2D eigenvalue weighted by molar-refractivity contribution is -0.0180. The van der Waals surface area contributed by atoms with Crippen molar-refractivity contribution in [2.24, 2.45) is 0 Å². The summed E-state index contributed by atoms with van der Waals surface area (Å²) in [4.78, 5) is 0. The van der Waals surface area contributed by atoms with E-state index < -0.39 is 0 Å². The van der Waals surface area contributed by atoms with Gasteiger partial charge in [-0.2, -0.15) is 0 Å². The SMILES string of the molecule is COCCOCCOCC1COc2c(I)sc(I)c2O1. The second-order valence-corrected chi connectivity index (χ2v) is 8.68. The van der Waals surface area contributed by atoms with Crippen LogP contribution < -0.4 is 9.47 Å². The fourth-order valence-corrected chi connectivity index (χ4v) is 5.60. The standard InChI is InChI=1S/C12H16I2O5S/c1-15-2-3-16-4-5-17-6-8-7-18-9-10(19-8)12(14)20-11(9)13/h8H,2-7H2,1H3. The van der Waals surface area contributed by atoms with Crippen molar-refractivity contribution in [1.82, 2.24) is 0 Å². The lowest BCUT2D eigenvalue weighted by Crippen LogP contribution is -2.33. The quantitative estimate of drug-likeness (QED) is 0.386. The molecule has 1 aliphatic heterocycles. The van der Waals surface area contributed by atoms with Crippen LogP contribution in [0.2, 0.25) is 0 Å². The molecule has 8 heteroatoms. The summed E-state index contributed by atoms with van der Waals surface area (Å²) >= 11 is 6.22. The van der Waals surface area contributed by atoms with Crippen LogP contribution in [0.3, 0.4) is 0 Å². The molecule has 1 aromatic rings. The first-order valence-corrected chi connectivity index (χ1v) is 9.11. The van der Waals surface area contributed by atoms with Crippen LogP contribution in [0.4, 0.5) is 0 Å². The van der Waals surface area contributed by atoms with Crippen LogP contribution >= 0.6 is 56.5 Å². The Morgan fingerprint density at radius 1 is 1.10 bits per heavy atom. The highest BCUT2D eigenvalue weighted by atomic mass is 127. The summed E-state index contributed by atoms with van der Waals surface area (Å²) in [6.07, 6.45) is -0.0552. The maximum Gasteiger partial charge on any atom is 0.187 e. The molecule has 1 atom stereocenters. The van der Waals surface area contributed by atoms with Gasteiger partial charge in [0.25, 0.3) is 0 Å². The zero-order valence-electron chi connectivity index (χ0n) is 11.0. The van der Waals surface area contributed by atoms with Crippen LogP contribution in [-0.4, -0.2) is 52.9 Å². The Bertz CT molecular complexity index is 426. The maximum absolute atomic E-state index is 5.92. The minimum atomic E-state index is -0.0552. The van der Waals surface area contributed by atoms with E-state index in [0.29, 0.717) is 39.6 Å². The average molecular weight is 526 g/mol. The zero-order chi connectivity index (χ0) is 14.4. The van der Waals surface area contributed by atoms with Gasteiger partial charge in [0, 0.05) is 7.11 Å². The predicted molar refractivity (Wildman–Crippen MR) is 93.2 cm³/mol. The summed E-state index contributed by atoms with van der Waals surface area (Å²) < 4.78 is 29.7. The maximum atomic E-state index is 5.92. The second kappa shape index (κ2) is 8.93. The Kier molecular flexibility index (Phi) is 7.59. The lowest BCUT2D eigenvalue weighted by Gasteiger charge is -2.25. The molecule has 0 aliphatic carbocycles. The Labute approximate surface area is 149 Å². The number of rotatable bonds is 8. The summed E-state index contributed by atoms with van der Waals surface area (Å²) in [5.74, 6) is 1.73. The normalized spacial score (nSPS) is 17.4. The van der Waals surface area contributed by atoms with E-state index in [1.807, 2.05) is 0 Å². The first-order chi connectivity index (χ1) is 9.72. The van der Waals surface area contributed by atoms with Gasteiger partial charge in [-0.3, -0.25) is 0 Å². The van der Waals surface area contributed by atoms with Crippen molar-refractivity contribution < 1.29 is 23.7 Å². The van der Waals surface area contributed by atoms with Crippen LogP contribution in [0.15, 0.2) is 0 Å². The van der Waals surface area contributed by atoms with E-state index in [1.165, 1.54) is 0 Å². The number of hydrogen-bond donors (Lipinski definition) is 0. The molecule has 5 nitrogen and oxygen atoms in total. The fourth-order valence-electron chi connectivity index (χ4n) is 1.61. The summed E-state index contributed by atoms with van der Waals surface area (Å²) in [6.45, 7) is 3.36. The number of hydrogen-bond acceptors (Lipinski definition) is 6. The van der Waals surface area contributed by atoms with E-state index in [9.17, 15) is 0 Å². The molecular weight excluding hydrogens is 510 g/mol. The highest BCUT2D eigenvalue weighted by Crippen LogP contribution is 2.45. The van der Waals surface area contributed by atoms with Crippen molar-refractivity contribution in [3.05, 3.63) is 5.77 Å². The summed E-state index contributed by atoms with van der Waals surface area (Å²) in [6, 6.07) is 0. The molecule has 1 unspecified atom stereocenters.